The van der Waals surface area contributed by atoms with Crippen LogP contribution in [0.15, 0.2) is 18.3 Å². The van der Waals surface area contributed by atoms with Crippen LogP contribution in [0, 0.1) is 0 Å². The summed E-state index contributed by atoms with van der Waals surface area (Å²) in [7, 11) is 0. The Morgan fingerprint density at radius 3 is 3.06 bits per heavy atom. The van der Waals surface area contributed by atoms with Gasteiger partial charge in [-0.15, -0.1) is 0 Å². The predicted octanol–water partition coefficient (Wildman–Crippen LogP) is 1.89. The summed E-state index contributed by atoms with van der Waals surface area (Å²) in [6.45, 7) is 4.90. The number of rotatable bonds is 5. The van der Waals surface area contributed by atoms with Gasteiger partial charge in [-0.05, 0) is 26.0 Å². The molecule has 0 aliphatic heterocycles. The first-order valence-electron chi connectivity index (χ1n) is 5.15. The van der Waals surface area contributed by atoms with Crippen molar-refractivity contribution in [2.75, 3.05) is 13.2 Å². The molecule has 0 radical (unpaired) electrons. The summed E-state index contributed by atoms with van der Waals surface area (Å²) in [6.07, 6.45) is 1.53. The fourth-order valence-electron chi connectivity index (χ4n) is 1.23. The zero-order valence-corrected chi connectivity index (χ0v) is 10.1. The largest absolute Gasteiger partial charge is 0.377 e. The number of aromatic nitrogens is 1. The molecule has 4 nitrogen and oxygen atoms in total. The predicted molar refractivity (Wildman–Crippen MR) is 62.7 cm³/mol. The van der Waals surface area contributed by atoms with Crippen LogP contribution in [-0.2, 0) is 4.74 Å². The third-order valence-corrected chi connectivity index (χ3v) is 2.31. The van der Waals surface area contributed by atoms with Crippen molar-refractivity contribution in [2.45, 2.75) is 20.0 Å². The van der Waals surface area contributed by atoms with E-state index in [4.69, 9.17) is 16.3 Å². The lowest BCUT2D eigenvalue weighted by molar-refractivity contribution is 0.0695. The van der Waals surface area contributed by atoms with Crippen molar-refractivity contribution in [2.24, 2.45) is 0 Å². The molecule has 1 aromatic heterocycles. The van der Waals surface area contributed by atoms with Crippen LogP contribution in [0.2, 0.25) is 5.15 Å². The second-order valence-corrected chi connectivity index (χ2v) is 3.68. The van der Waals surface area contributed by atoms with Crippen LogP contribution in [0.3, 0.4) is 0 Å². The normalized spacial score (nSPS) is 12.2. The average Bonchev–Trinajstić information content (AvgIpc) is 2.27. The third-order valence-electron chi connectivity index (χ3n) is 2.00. The Morgan fingerprint density at radius 1 is 1.69 bits per heavy atom. The van der Waals surface area contributed by atoms with Crippen molar-refractivity contribution in [3.05, 3.63) is 29.0 Å². The maximum absolute atomic E-state index is 11.7. The molecule has 1 heterocycles. The van der Waals surface area contributed by atoms with Gasteiger partial charge in [0.05, 0.1) is 11.7 Å². The molecule has 0 spiro atoms. The van der Waals surface area contributed by atoms with Crippen LogP contribution in [0.1, 0.15) is 24.2 Å². The molecule has 0 saturated heterocycles. The van der Waals surface area contributed by atoms with Crippen LogP contribution in [0.4, 0.5) is 0 Å². The molecular weight excluding hydrogens is 228 g/mol. The summed E-state index contributed by atoms with van der Waals surface area (Å²) in [5.74, 6) is -0.232. The summed E-state index contributed by atoms with van der Waals surface area (Å²) < 4.78 is 5.30. The highest BCUT2D eigenvalue weighted by Crippen LogP contribution is 2.10. The van der Waals surface area contributed by atoms with Crippen LogP contribution in [0.25, 0.3) is 0 Å². The van der Waals surface area contributed by atoms with E-state index < -0.39 is 0 Å². The highest BCUT2D eigenvalue weighted by atomic mass is 35.5. The molecule has 0 aromatic carbocycles. The SMILES string of the molecule is CCOC(C)CNC(=O)c1cccnc1Cl. The lowest BCUT2D eigenvalue weighted by Crippen LogP contribution is -2.32. The van der Waals surface area contributed by atoms with E-state index in [9.17, 15) is 4.79 Å². The second kappa shape index (κ2) is 6.45. The number of nitrogens with zero attached hydrogens (tertiary/aromatic N) is 1. The van der Waals surface area contributed by atoms with Gasteiger partial charge in [-0.25, -0.2) is 4.98 Å². The van der Waals surface area contributed by atoms with Gasteiger partial charge in [0.1, 0.15) is 5.15 Å². The van der Waals surface area contributed by atoms with Crippen molar-refractivity contribution in [1.82, 2.24) is 10.3 Å². The van der Waals surface area contributed by atoms with E-state index in [-0.39, 0.29) is 17.2 Å². The summed E-state index contributed by atoms with van der Waals surface area (Å²) >= 11 is 5.79. The van der Waals surface area contributed by atoms with Crippen LogP contribution >= 0.6 is 11.6 Å². The fraction of sp³-hybridized carbons (Fsp3) is 0.455. The van der Waals surface area contributed by atoms with E-state index in [1.807, 2.05) is 13.8 Å². The maximum atomic E-state index is 11.7. The molecule has 16 heavy (non-hydrogen) atoms. The number of nitrogens with one attached hydrogen (secondary N) is 1. The van der Waals surface area contributed by atoms with Gasteiger partial charge in [-0.3, -0.25) is 4.79 Å². The number of pyridine rings is 1. The monoisotopic (exact) mass is 242 g/mol. The highest BCUT2D eigenvalue weighted by Gasteiger charge is 2.11. The number of carbonyl (C=O) groups excluding carboxylic acids is 1. The first-order chi connectivity index (χ1) is 7.65. The molecule has 1 atom stereocenters. The van der Waals surface area contributed by atoms with Crippen LogP contribution < -0.4 is 5.32 Å². The quantitative estimate of drug-likeness (QED) is 0.803. The number of ether oxygens (including phenoxy) is 1. The number of hydrogen-bond acceptors (Lipinski definition) is 3. The first-order valence-corrected chi connectivity index (χ1v) is 5.53. The average molecular weight is 243 g/mol. The third kappa shape index (κ3) is 3.79. The van der Waals surface area contributed by atoms with Crippen molar-refractivity contribution < 1.29 is 9.53 Å². The maximum Gasteiger partial charge on any atom is 0.254 e. The van der Waals surface area contributed by atoms with E-state index in [0.29, 0.717) is 18.7 Å². The lowest BCUT2D eigenvalue weighted by Gasteiger charge is -2.12. The van der Waals surface area contributed by atoms with Gasteiger partial charge < -0.3 is 10.1 Å². The van der Waals surface area contributed by atoms with Crippen molar-refractivity contribution >= 4 is 17.5 Å². The molecule has 0 aliphatic carbocycles. The number of carbonyl (C=O) groups is 1. The Hall–Kier alpha value is -1.13. The standard InChI is InChI=1S/C11H15ClN2O2/c1-3-16-8(2)7-14-11(15)9-5-4-6-13-10(9)12/h4-6,8H,3,7H2,1-2H3,(H,14,15). The van der Waals surface area contributed by atoms with Gasteiger partial charge in [0.2, 0.25) is 0 Å². The number of halogens is 1. The summed E-state index contributed by atoms with van der Waals surface area (Å²) in [5.41, 5.74) is 0.382. The Morgan fingerprint density at radius 2 is 2.44 bits per heavy atom. The van der Waals surface area contributed by atoms with Gasteiger partial charge in [0.15, 0.2) is 0 Å². The minimum Gasteiger partial charge on any atom is -0.377 e. The molecule has 5 heteroatoms. The molecule has 0 saturated carbocycles. The number of hydrogen-bond donors (Lipinski definition) is 1. The first kappa shape index (κ1) is 12.9. The van der Waals surface area contributed by atoms with Crippen molar-refractivity contribution in [3.8, 4) is 0 Å². The molecule has 0 fully saturated rings. The molecule has 88 valence electrons. The molecule has 1 rings (SSSR count). The molecule has 0 aliphatic rings. The van der Waals surface area contributed by atoms with E-state index in [1.54, 1.807) is 18.3 Å². The summed E-state index contributed by atoms with van der Waals surface area (Å²) in [4.78, 5) is 15.5. The molecule has 1 unspecified atom stereocenters. The van der Waals surface area contributed by atoms with E-state index >= 15 is 0 Å². The zero-order chi connectivity index (χ0) is 12.0. The lowest BCUT2D eigenvalue weighted by atomic mass is 10.2. The zero-order valence-electron chi connectivity index (χ0n) is 9.37. The molecular formula is C11H15ClN2O2. The highest BCUT2D eigenvalue weighted by molar-refractivity contribution is 6.32. The fourth-order valence-corrected chi connectivity index (χ4v) is 1.44. The number of amides is 1. The Balaban J connectivity index is 2.50. The minimum atomic E-state index is -0.232. The van der Waals surface area contributed by atoms with Crippen LogP contribution in [0.5, 0.6) is 0 Å². The van der Waals surface area contributed by atoms with Gasteiger partial charge in [0.25, 0.3) is 5.91 Å². The molecule has 0 bridgehead atoms. The van der Waals surface area contributed by atoms with Crippen molar-refractivity contribution in [1.29, 1.82) is 0 Å². The minimum absolute atomic E-state index is 0.00982. The molecule has 1 N–H and O–H groups in total. The second-order valence-electron chi connectivity index (χ2n) is 3.32. The summed E-state index contributed by atoms with van der Waals surface area (Å²) in [5, 5.41) is 2.95. The summed E-state index contributed by atoms with van der Waals surface area (Å²) in [6, 6.07) is 3.31. The Bertz CT molecular complexity index is 358. The smallest absolute Gasteiger partial charge is 0.254 e. The topological polar surface area (TPSA) is 51.2 Å². The van der Waals surface area contributed by atoms with Gasteiger partial charge in [-0.1, -0.05) is 11.6 Å². The van der Waals surface area contributed by atoms with Gasteiger partial charge in [-0.2, -0.15) is 0 Å². The Kier molecular flexibility index (Phi) is 5.22. The van der Waals surface area contributed by atoms with Gasteiger partial charge >= 0.3 is 0 Å². The Labute approximate surface area is 100.0 Å². The molecule has 1 amide bonds. The molecule has 1 aromatic rings. The van der Waals surface area contributed by atoms with Gasteiger partial charge in [0, 0.05) is 19.3 Å². The van der Waals surface area contributed by atoms with Crippen LogP contribution in [-0.4, -0.2) is 30.1 Å². The van der Waals surface area contributed by atoms with Crippen molar-refractivity contribution in [3.63, 3.8) is 0 Å². The van der Waals surface area contributed by atoms with E-state index in [2.05, 4.69) is 10.3 Å². The van der Waals surface area contributed by atoms with E-state index in [1.165, 1.54) is 0 Å². The van der Waals surface area contributed by atoms with E-state index in [0.717, 1.165) is 0 Å².